The zero-order chi connectivity index (χ0) is 21.3. The molecule has 0 aliphatic carbocycles. The highest BCUT2D eigenvalue weighted by atomic mass is 16.5. The van der Waals surface area contributed by atoms with Crippen molar-refractivity contribution in [2.75, 3.05) is 19.7 Å². The van der Waals surface area contributed by atoms with Gasteiger partial charge in [0, 0.05) is 32.2 Å². The first-order valence-electron chi connectivity index (χ1n) is 10.8. The SMILES string of the molecule is Cc1occc1C(=O)N(CCC(=O)NC(C)CCc1ccccc1)CC1CCCO1. The van der Waals surface area contributed by atoms with E-state index in [0.717, 1.165) is 32.3 Å². The van der Waals surface area contributed by atoms with Crippen LogP contribution in [0.5, 0.6) is 0 Å². The number of nitrogens with zero attached hydrogens (tertiary/aromatic N) is 1. The molecule has 2 atom stereocenters. The average Bonchev–Trinajstić information content (AvgIpc) is 3.41. The van der Waals surface area contributed by atoms with Crippen LogP contribution < -0.4 is 5.32 Å². The molecular weight excluding hydrogens is 380 g/mol. The molecule has 30 heavy (non-hydrogen) atoms. The van der Waals surface area contributed by atoms with Crippen LogP contribution in [0.15, 0.2) is 47.1 Å². The van der Waals surface area contributed by atoms with Crippen molar-refractivity contribution in [3.63, 3.8) is 0 Å². The van der Waals surface area contributed by atoms with Crippen LogP contribution in [0, 0.1) is 6.92 Å². The van der Waals surface area contributed by atoms with Gasteiger partial charge in [0.15, 0.2) is 0 Å². The van der Waals surface area contributed by atoms with E-state index in [0.29, 0.717) is 24.4 Å². The number of hydrogen-bond donors (Lipinski definition) is 1. The standard InChI is InChI=1S/C24H32N2O4/c1-18(10-11-20-7-4-3-5-8-20)25-23(27)12-14-26(17-21-9-6-15-30-21)24(28)22-13-16-29-19(22)2/h3-5,7-8,13,16,18,21H,6,9-12,14-15,17H2,1-2H3,(H,25,27). The van der Waals surface area contributed by atoms with Gasteiger partial charge in [0.1, 0.15) is 5.76 Å². The van der Waals surface area contributed by atoms with Crippen LogP contribution in [0.4, 0.5) is 0 Å². The Morgan fingerprint density at radius 2 is 2.03 bits per heavy atom. The number of nitrogens with one attached hydrogen (secondary N) is 1. The summed E-state index contributed by atoms with van der Waals surface area (Å²) < 4.78 is 11.0. The monoisotopic (exact) mass is 412 g/mol. The predicted molar refractivity (Wildman–Crippen MR) is 115 cm³/mol. The molecule has 2 heterocycles. The quantitative estimate of drug-likeness (QED) is 0.645. The molecule has 0 spiro atoms. The molecule has 1 aromatic heterocycles. The summed E-state index contributed by atoms with van der Waals surface area (Å²) in [5.74, 6) is 0.447. The first kappa shape index (κ1) is 22.1. The summed E-state index contributed by atoms with van der Waals surface area (Å²) in [6, 6.07) is 12.0. The zero-order valence-electron chi connectivity index (χ0n) is 17.9. The fourth-order valence-corrected chi connectivity index (χ4v) is 3.77. The molecule has 1 aliphatic heterocycles. The van der Waals surface area contributed by atoms with Crippen LogP contribution in [0.1, 0.15) is 54.3 Å². The Morgan fingerprint density at radius 3 is 2.70 bits per heavy atom. The van der Waals surface area contributed by atoms with Crippen molar-refractivity contribution in [3.05, 3.63) is 59.5 Å². The maximum Gasteiger partial charge on any atom is 0.257 e. The third-order valence-corrected chi connectivity index (χ3v) is 5.55. The van der Waals surface area contributed by atoms with Gasteiger partial charge in [0.05, 0.1) is 17.9 Å². The van der Waals surface area contributed by atoms with E-state index < -0.39 is 0 Å². The molecule has 1 fully saturated rings. The van der Waals surface area contributed by atoms with Crippen molar-refractivity contribution in [1.29, 1.82) is 0 Å². The molecule has 1 saturated heterocycles. The third-order valence-electron chi connectivity index (χ3n) is 5.55. The molecule has 162 valence electrons. The summed E-state index contributed by atoms with van der Waals surface area (Å²) in [5, 5.41) is 3.06. The van der Waals surface area contributed by atoms with E-state index in [-0.39, 0.29) is 30.4 Å². The lowest BCUT2D eigenvalue weighted by molar-refractivity contribution is -0.122. The van der Waals surface area contributed by atoms with Crippen LogP contribution in [-0.2, 0) is 16.0 Å². The Balaban J connectivity index is 1.50. The Hall–Kier alpha value is -2.60. The number of amides is 2. The van der Waals surface area contributed by atoms with Crippen LogP contribution in [-0.4, -0.2) is 48.6 Å². The number of furan rings is 1. The van der Waals surface area contributed by atoms with Gasteiger partial charge in [-0.1, -0.05) is 30.3 Å². The highest BCUT2D eigenvalue weighted by molar-refractivity contribution is 5.95. The van der Waals surface area contributed by atoms with Gasteiger partial charge >= 0.3 is 0 Å². The van der Waals surface area contributed by atoms with Crippen LogP contribution >= 0.6 is 0 Å². The van der Waals surface area contributed by atoms with Gasteiger partial charge in [0.2, 0.25) is 5.91 Å². The third kappa shape index (κ3) is 6.46. The van der Waals surface area contributed by atoms with E-state index in [4.69, 9.17) is 9.15 Å². The van der Waals surface area contributed by atoms with Crippen LogP contribution in [0.25, 0.3) is 0 Å². The summed E-state index contributed by atoms with van der Waals surface area (Å²) in [5.41, 5.74) is 1.81. The molecule has 6 nitrogen and oxygen atoms in total. The summed E-state index contributed by atoms with van der Waals surface area (Å²) in [6.45, 7) is 5.39. The van der Waals surface area contributed by atoms with Gasteiger partial charge in [-0.25, -0.2) is 0 Å². The fraction of sp³-hybridized carbons (Fsp3) is 0.500. The minimum Gasteiger partial charge on any atom is -0.469 e. The molecule has 0 radical (unpaired) electrons. The number of benzene rings is 1. The molecule has 3 rings (SSSR count). The number of ether oxygens (including phenoxy) is 1. The highest BCUT2D eigenvalue weighted by Crippen LogP contribution is 2.17. The van der Waals surface area contributed by atoms with Crippen molar-refractivity contribution in [1.82, 2.24) is 10.2 Å². The van der Waals surface area contributed by atoms with Crippen molar-refractivity contribution >= 4 is 11.8 Å². The first-order valence-corrected chi connectivity index (χ1v) is 10.8. The van der Waals surface area contributed by atoms with E-state index >= 15 is 0 Å². The highest BCUT2D eigenvalue weighted by Gasteiger charge is 2.25. The van der Waals surface area contributed by atoms with E-state index in [9.17, 15) is 9.59 Å². The first-order chi connectivity index (χ1) is 14.5. The number of hydrogen-bond acceptors (Lipinski definition) is 4. The Labute approximate surface area is 178 Å². The summed E-state index contributed by atoms with van der Waals surface area (Å²) in [7, 11) is 0. The van der Waals surface area contributed by atoms with Crippen molar-refractivity contribution < 1.29 is 18.7 Å². The molecule has 1 aliphatic rings. The van der Waals surface area contributed by atoms with Crippen molar-refractivity contribution in [2.24, 2.45) is 0 Å². The average molecular weight is 413 g/mol. The molecule has 2 unspecified atom stereocenters. The minimum absolute atomic E-state index is 0.0361. The smallest absolute Gasteiger partial charge is 0.257 e. The predicted octanol–water partition coefficient (Wildman–Crippen LogP) is 3.74. The second kappa shape index (κ2) is 11.0. The van der Waals surface area contributed by atoms with Crippen molar-refractivity contribution in [3.8, 4) is 0 Å². The normalized spacial score (nSPS) is 16.9. The number of aryl methyl sites for hydroxylation is 2. The number of carbonyl (C=O) groups is 2. The van der Waals surface area contributed by atoms with Crippen molar-refractivity contribution in [2.45, 2.75) is 58.1 Å². The Morgan fingerprint density at radius 1 is 1.23 bits per heavy atom. The maximum atomic E-state index is 13.0. The van der Waals surface area contributed by atoms with Gasteiger partial charge in [-0.3, -0.25) is 9.59 Å². The van der Waals surface area contributed by atoms with E-state index in [1.54, 1.807) is 17.9 Å². The summed E-state index contributed by atoms with van der Waals surface area (Å²) in [4.78, 5) is 27.2. The minimum atomic E-state index is -0.110. The Bertz CT molecular complexity index is 812. The zero-order valence-corrected chi connectivity index (χ0v) is 17.9. The van der Waals surface area contributed by atoms with Gasteiger partial charge in [-0.2, -0.15) is 0 Å². The second-order valence-corrected chi connectivity index (χ2v) is 8.02. The lowest BCUT2D eigenvalue weighted by atomic mass is 10.1. The Kier molecular flexibility index (Phi) is 8.08. The lowest BCUT2D eigenvalue weighted by Crippen LogP contribution is -2.41. The summed E-state index contributed by atoms with van der Waals surface area (Å²) >= 11 is 0. The van der Waals surface area contributed by atoms with E-state index in [1.807, 2.05) is 25.1 Å². The molecule has 6 heteroatoms. The number of carbonyl (C=O) groups excluding carboxylic acids is 2. The molecule has 2 aromatic rings. The fourth-order valence-electron chi connectivity index (χ4n) is 3.77. The molecular formula is C24H32N2O4. The molecule has 0 saturated carbocycles. The topological polar surface area (TPSA) is 71.8 Å². The molecule has 1 N–H and O–H groups in total. The molecule has 2 amide bonds. The maximum absolute atomic E-state index is 13.0. The van der Waals surface area contributed by atoms with E-state index in [2.05, 4.69) is 17.4 Å². The van der Waals surface area contributed by atoms with Gasteiger partial charge < -0.3 is 19.4 Å². The van der Waals surface area contributed by atoms with Crippen LogP contribution in [0.3, 0.4) is 0 Å². The lowest BCUT2D eigenvalue weighted by Gasteiger charge is -2.25. The van der Waals surface area contributed by atoms with E-state index in [1.165, 1.54) is 11.8 Å². The summed E-state index contributed by atoms with van der Waals surface area (Å²) in [6.07, 6.45) is 5.58. The molecule has 0 bridgehead atoms. The van der Waals surface area contributed by atoms with Gasteiger partial charge in [0.25, 0.3) is 5.91 Å². The van der Waals surface area contributed by atoms with Crippen LogP contribution in [0.2, 0.25) is 0 Å². The second-order valence-electron chi connectivity index (χ2n) is 8.02. The number of rotatable bonds is 10. The van der Waals surface area contributed by atoms with Gasteiger partial charge in [-0.05, 0) is 51.2 Å². The van der Waals surface area contributed by atoms with Gasteiger partial charge in [-0.15, -0.1) is 0 Å². The molecule has 1 aromatic carbocycles. The largest absolute Gasteiger partial charge is 0.469 e.